The summed E-state index contributed by atoms with van der Waals surface area (Å²) in [6.07, 6.45) is 19.0. The Balaban J connectivity index is 1.28. The lowest BCUT2D eigenvalue weighted by molar-refractivity contribution is 0.122. The second kappa shape index (κ2) is 9.45. The Morgan fingerprint density at radius 1 is 0.907 bits per heavy atom. The Labute approximate surface area is 249 Å². The summed E-state index contributed by atoms with van der Waals surface area (Å²) in [5, 5.41) is 3.47. The zero-order valence-corrected chi connectivity index (χ0v) is 23.7. The molecule has 1 aromatic heterocycles. The number of benzene rings is 3. The van der Waals surface area contributed by atoms with E-state index in [4.69, 9.17) is 13.9 Å². The number of anilines is 1. The van der Waals surface area contributed by atoms with Crippen molar-refractivity contribution in [2.24, 2.45) is 0 Å². The van der Waals surface area contributed by atoms with Gasteiger partial charge in [0.1, 0.15) is 22.9 Å². The number of fused-ring (bicyclic) bond motifs is 9. The van der Waals surface area contributed by atoms with E-state index in [-0.39, 0.29) is 5.82 Å². The van der Waals surface area contributed by atoms with Gasteiger partial charge in [0.15, 0.2) is 0 Å². The van der Waals surface area contributed by atoms with Gasteiger partial charge in [-0.05, 0) is 66.0 Å². The highest BCUT2D eigenvalue weighted by Crippen LogP contribution is 2.46. The average Bonchev–Trinajstić information content (AvgIpc) is 3.64. The molecule has 0 N–H and O–H groups in total. The van der Waals surface area contributed by atoms with Crippen LogP contribution in [0.3, 0.4) is 0 Å². The van der Waals surface area contributed by atoms with Gasteiger partial charge in [0, 0.05) is 63.1 Å². The Morgan fingerprint density at radius 3 is 2.63 bits per heavy atom. The number of rotatable bonds is 3. The molecule has 0 bridgehead atoms. The smallest absolute Gasteiger partial charge is 0.142 e. The molecule has 0 saturated carbocycles. The molecule has 9 rings (SSSR count). The van der Waals surface area contributed by atoms with Gasteiger partial charge in [0.2, 0.25) is 0 Å². The molecule has 1 unspecified atom stereocenters. The number of furan rings is 1. The van der Waals surface area contributed by atoms with E-state index < -0.39 is 5.41 Å². The molecule has 0 amide bonds. The van der Waals surface area contributed by atoms with Gasteiger partial charge in [-0.2, -0.15) is 0 Å². The molecule has 4 aromatic rings. The third kappa shape index (κ3) is 3.64. The molecule has 1 saturated heterocycles. The van der Waals surface area contributed by atoms with Crippen molar-refractivity contribution in [2.45, 2.75) is 24.7 Å². The van der Waals surface area contributed by atoms with Crippen molar-refractivity contribution in [3.63, 3.8) is 0 Å². The Kier molecular flexibility index (Phi) is 5.48. The van der Waals surface area contributed by atoms with Crippen LogP contribution in [0.1, 0.15) is 34.4 Å². The predicted octanol–water partition coefficient (Wildman–Crippen LogP) is 6.24. The second-order valence-corrected chi connectivity index (χ2v) is 11.9. The zero-order valence-electron chi connectivity index (χ0n) is 23.7. The van der Waals surface area contributed by atoms with Crippen molar-refractivity contribution in [3.8, 4) is 5.75 Å². The molecule has 43 heavy (non-hydrogen) atoms. The van der Waals surface area contributed by atoms with Gasteiger partial charge >= 0.3 is 0 Å². The van der Waals surface area contributed by atoms with Gasteiger partial charge in [0.25, 0.3) is 0 Å². The predicted molar refractivity (Wildman–Crippen MR) is 168 cm³/mol. The number of nitrogens with zero attached hydrogens (tertiary/aromatic N) is 1. The van der Waals surface area contributed by atoms with Crippen LogP contribution in [-0.2, 0) is 23.0 Å². The van der Waals surface area contributed by atoms with Gasteiger partial charge in [0.05, 0.1) is 19.5 Å². The normalized spacial score (nSPS) is 21.6. The highest BCUT2D eigenvalue weighted by atomic mass is 19.1. The highest BCUT2D eigenvalue weighted by Gasteiger charge is 2.40. The topological polar surface area (TPSA) is 34.8 Å². The molecule has 212 valence electrons. The number of allylic oxidation sites excluding steroid dienone is 6. The first-order valence-corrected chi connectivity index (χ1v) is 15.1. The summed E-state index contributed by atoms with van der Waals surface area (Å²) in [6.45, 7) is 3.21. The van der Waals surface area contributed by atoms with E-state index in [1.807, 2.05) is 18.2 Å². The third-order valence-corrected chi connectivity index (χ3v) is 9.73. The first-order chi connectivity index (χ1) is 21.2. The fourth-order valence-electron chi connectivity index (χ4n) is 7.66. The molecule has 3 heterocycles. The summed E-state index contributed by atoms with van der Waals surface area (Å²) in [5.74, 6) is 1.54. The molecular formula is C38H30FNO3. The maximum Gasteiger partial charge on any atom is 0.142 e. The molecular weight excluding hydrogens is 537 g/mol. The van der Waals surface area contributed by atoms with E-state index in [9.17, 15) is 0 Å². The van der Waals surface area contributed by atoms with E-state index in [0.29, 0.717) is 12.0 Å². The lowest BCUT2D eigenvalue weighted by Crippen LogP contribution is -2.36. The maximum atomic E-state index is 15.8. The molecule has 3 aromatic carbocycles. The van der Waals surface area contributed by atoms with Gasteiger partial charge in [-0.3, -0.25) is 0 Å². The lowest BCUT2D eigenvalue weighted by atomic mass is 9.67. The number of hydrogen-bond donors (Lipinski definition) is 0. The van der Waals surface area contributed by atoms with Crippen LogP contribution in [0.5, 0.6) is 5.75 Å². The minimum atomic E-state index is -0.698. The summed E-state index contributed by atoms with van der Waals surface area (Å²) in [6, 6.07) is 15.9. The number of halogens is 1. The monoisotopic (exact) mass is 567 g/mol. The van der Waals surface area contributed by atoms with Gasteiger partial charge < -0.3 is 18.8 Å². The van der Waals surface area contributed by atoms with E-state index in [1.165, 1.54) is 22.1 Å². The van der Waals surface area contributed by atoms with Crippen LogP contribution in [0, 0.1) is 5.82 Å². The van der Waals surface area contributed by atoms with Crippen molar-refractivity contribution in [3.05, 3.63) is 135 Å². The zero-order chi connectivity index (χ0) is 28.5. The van der Waals surface area contributed by atoms with Crippen molar-refractivity contribution in [1.82, 2.24) is 0 Å². The first kappa shape index (κ1) is 24.9. The summed E-state index contributed by atoms with van der Waals surface area (Å²) in [5.41, 5.74) is 7.82. The number of ether oxygens (including phenoxy) is 2. The van der Waals surface area contributed by atoms with Crippen LogP contribution in [-0.4, -0.2) is 26.3 Å². The van der Waals surface area contributed by atoms with Crippen LogP contribution in [0.25, 0.3) is 28.7 Å². The van der Waals surface area contributed by atoms with E-state index in [2.05, 4.69) is 65.6 Å². The van der Waals surface area contributed by atoms with Crippen LogP contribution < -0.4 is 20.1 Å². The fourth-order valence-corrected chi connectivity index (χ4v) is 7.66. The molecule has 3 aliphatic carbocycles. The number of morpholine rings is 1. The van der Waals surface area contributed by atoms with Gasteiger partial charge in [-0.15, -0.1) is 0 Å². The summed E-state index contributed by atoms with van der Waals surface area (Å²) in [7, 11) is 0. The quantitative estimate of drug-likeness (QED) is 0.294. The van der Waals surface area contributed by atoms with Crippen molar-refractivity contribution in [2.75, 3.05) is 31.2 Å². The molecule has 5 heteroatoms. The van der Waals surface area contributed by atoms with E-state index >= 15 is 4.39 Å². The largest absolute Gasteiger partial charge is 0.464 e. The van der Waals surface area contributed by atoms with Crippen LogP contribution >= 0.6 is 0 Å². The second-order valence-electron chi connectivity index (χ2n) is 11.9. The van der Waals surface area contributed by atoms with Crippen molar-refractivity contribution >= 4 is 34.4 Å². The van der Waals surface area contributed by atoms with Gasteiger partial charge in [-0.25, -0.2) is 4.39 Å². The van der Waals surface area contributed by atoms with Crippen molar-refractivity contribution < 1.29 is 18.3 Å². The number of hydrogen-bond acceptors (Lipinski definition) is 4. The fraction of sp³-hybridized carbons (Fsp3) is 0.211. The average molecular weight is 568 g/mol. The Bertz CT molecular complexity index is 2070. The molecule has 1 fully saturated rings. The molecule has 0 radical (unpaired) electrons. The van der Waals surface area contributed by atoms with E-state index in [1.54, 1.807) is 18.4 Å². The lowest BCUT2D eigenvalue weighted by Gasteiger charge is -2.35. The molecule has 1 atom stereocenters. The molecule has 0 spiro atoms. The summed E-state index contributed by atoms with van der Waals surface area (Å²) >= 11 is 0. The maximum absolute atomic E-state index is 15.8. The minimum Gasteiger partial charge on any atom is -0.464 e. The molecule has 2 aliphatic heterocycles. The minimum absolute atomic E-state index is 0.202. The Hall–Kier alpha value is -4.61. The summed E-state index contributed by atoms with van der Waals surface area (Å²) in [4.78, 5) is 2.35. The van der Waals surface area contributed by atoms with Crippen LogP contribution in [0.15, 0.2) is 95.2 Å². The molecule has 4 nitrogen and oxygen atoms in total. The standard InChI is InChI=1S/C38H30FNO3/c39-32-10-4-3-9-31(32)38(25-11-13-26(14-12-25)40-17-20-41-21-18-40)16-15-33-30(23-38)35-34-27-7-2-1-6-24(27)22-29(34)36-28(37(35)43-33)8-5-19-42-36/h1-6,9-16,19,22H,7-8,17-18,20-21,23H2. The third-order valence-electron chi connectivity index (χ3n) is 9.73. The summed E-state index contributed by atoms with van der Waals surface area (Å²) < 4.78 is 34.3. The SMILES string of the molecule is Fc1ccccc1C1(c2ccc(N3CCOCC3)cc2)C=Cc2oc3c4c(c5c(c3c2C1)=C1CC=CC=C1C=5)OC=CC4. The first-order valence-electron chi connectivity index (χ1n) is 15.1. The van der Waals surface area contributed by atoms with E-state index in [0.717, 1.165) is 83.5 Å². The van der Waals surface area contributed by atoms with Crippen LogP contribution in [0.4, 0.5) is 10.1 Å². The van der Waals surface area contributed by atoms with Crippen LogP contribution in [0.2, 0.25) is 0 Å². The Morgan fingerprint density at radius 2 is 1.77 bits per heavy atom. The molecule has 5 aliphatic rings. The van der Waals surface area contributed by atoms with Gasteiger partial charge in [-0.1, -0.05) is 54.6 Å². The highest BCUT2D eigenvalue weighted by molar-refractivity contribution is 5.98. The van der Waals surface area contributed by atoms with Crippen molar-refractivity contribution in [1.29, 1.82) is 0 Å².